The van der Waals surface area contributed by atoms with Gasteiger partial charge in [0.05, 0.1) is 6.54 Å². The van der Waals surface area contributed by atoms with Crippen LogP contribution in [0.2, 0.25) is 0 Å². The van der Waals surface area contributed by atoms with Crippen LogP contribution < -0.4 is 11.1 Å². The van der Waals surface area contributed by atoms with Crippen LogP contribution in [-0.4, -0.2) is 42.1 Å². The van der Waals surface area contributed by atoms with Crippen LogP contribution >= 0.6 is 0 Å². The maximum absolute atomic E-state index is 5.99. The first kappa shape index (κ1) is 17.3. The molecule has 1 fully saturated rings. The van der Waals surface area contributed by atoms with E-state index < -0.39 is 0 Å². The van der Waals surface area contributed by atoms with Gasteiger partial charge in [0.25, 0.3) is 0 Å². The van der Waals surface area contributed by atoms with Gasteiger partial charge in [-0.1, -0.05) is 26.7 Å². The van der Waals surface area contributed by atoms with Gasteiger partial charge in [-0.15, -0.1) is 0 Å². The van der Waals surface area contributed by atoms with Crippen molar-refractivity contribution in [2.75, 3.05) is 19.6 Å². The summed E-state index contributed by atoms with van der Waals surface area (Å²) in [5, 5.41) is 3.24. The minimum atomic E-state index is -0.0243. The van der Waals surface area contributed by atoms with Crippen LogP contribution in [0.3, 0.4) is 0 Å². The van der Waals surface area contributed by atoms with E-state index in [1.807, 2.05) is 0 Å². The zero-order valence-corrected chi connectivity index (χ0v) is 14.1. The van der Waals surface area contributed by atoms with Gasteiger partial charge in [0.15, 0.2) is 5.96 Å². The third kappa shape index (κ3) is 6.60. The quantitative estimate of drug-likeness (QED) is 0.615. The second-order valence-electron chi connectivity index (χ2n) is 7.36. The fourth-order valence-electron chi connectivity index (χ4n) is 2.79. The Morgan fingerprint density at radius 3 is 2.15 bits per heavy atom. The van der Waals surface area contributed by atoms with E-state index in [0.717, 1.165) is 6.54 Å². The summed E-state index contributed by atoms with van der Waals surface area (Å²) in [6, 6.07) is 0.508. The molecule has 0 aromatic rings. The number of likely N-dealkylation sites (tertiary alicyclic amines) is 1. The molecule has 1 aliphatic heterocycles. The lowest BCUT2D eigenvalue weighted by Crippen LogP contribution is -2.46. The fraction of sp³-hybridized carbons (Fsp3) is 0.938. The number of hydrogen-bond acceptors (Lipinski definition) is 2. The molecule has 0 aromatic carbocycles. The van der Waals surface area contributed by atoms with E-state index in [-0.39, 0.29) is 5.54 Å². The fourth-order valence-corrected chi connectivity index (χ4v) is 2.79. The third-order valence-electron chi connectivity index (χ3n) is 3.83. The molecule has 0 aromatic heterocycles. The molecule has 0 radical (unpaired) electrons. The molecule has 4 nitrogen and oxygen atoms in total. The van der Waals surface area contributed by atoms with Crippen molar-refractivity contribution in [3.05, 3.63) is 0 Å². The van der Waals surface area contributed by atoms with Crippen molar-refractivity contribution in [2.45, 2.75) is 71.9 Å². The van der Waals surface area contributed by atoms with E-state index in [4.69, 9.17) is 5.73 Å². The van der Waals surface area contributed by atoms with Crippen molar-refractivity contribution in [1.29, 1.82) is 0 Å². The lowest BCUT2D eigenvalue weighted by atomic mass is 10.0. The highest BCUT2D eigenvalue weighted by molar-refractivity contribution is 5.78. The minimum Gasteiger partial charge on any atom is -0.370 e. The molecule has 0 aliphatic carbocycles. The first-order valence-electron chi connectivity index (χ1n) is 8.12. The summed E-state index contributed by atoms with van der Waals surface area (Å²) in [5.41, 5.74) is 5.96. The molecule has 1 atom stereocenters. The molecule has 1 heterocycles. The number of hydrogen-bond donors (Lipinski definition) is 2. The monoisotopic (exact) mass is 282 g/mol. The summed E-state index contributed by atoms with van der Waals surface area (Å²) in [5.74, 6) is 1.18. The smallest absolute Gasteiger partial charge is 0.189 e. The molecule has 1 aliphatic rings. The number of nitrogens with zero attached hydrogens (tertiary/aromatic N) is 2. The molecule has 0 saturated carbocycles. The molecule has 0 bridgehead atoms. The van der Waals surface area contributed by atoms with Crippen LogP contribution in [0.1, 0.15) is 60.3 Å². The molecule has 0 amide bonds. The van der Waals surface area contributed by atoms with E-state index in [1.165, 1.54) is 38.8 Å². The van der Waals surface area contributed by atoms with E-state index in [9.17, 15) is 0 Å². The maximum Gasteiger partial charge on any atom is 0.189 e. The Labute approximate surface area is 125 Å². The van der Waals surface area contributed by atoms with Gasteiger partial charge >= 0.3 is 0 Å². The molecule has 0 spiro atoms. The van der Waals surface area contributed by atoms with Gasteiger partial charge in [-0.3, -0.25) is 9.89 Å². The van der Waals surface area contributed by atoms with Gasteiger partial charge in [0.1, 0.15) is 0 Å². The second kappa shape index (κ2) is 7.87. The average Bonchev–Trinajstić information content (AvgIpc) is 2.55. The van der Waals surface area contributed by atoms with Crippen LogP contribution in [0.15, 0.2) is 4.99 Å². The van der Waals surface area contributed by atoms with Gasteiger partial charge in [-0.2, -0.15) is 0 Å². The standard InChI is InChI=1S/C16H34N4/c1-13(2)14(20-10-8-6-7-9-11-20)12-18-15(17)19-16(3,4)5/h13-14H,6-12H2,1-5H3,(H3,17,18,19). The predicted octanol–water partition coefficient (Wildman–Crippen LogP) is 2.59. The van der Waals surface area contributed by atoms with Crippen LogP contribution in [-0.2, 0) is 0 Å². The SMILES string of the molecule is CC(C)C(CN=C(N)NC(C)(C)C)N1CCCCCC1. The van der Waals surface area contributed by atoms with Gasteiger partial charge in [-0.05, 0) is 52.6 Å². The molecular weight excluding hydrogens is 248 g/mol. The van der Waals surface area contributed by atoms with Crippen molar-refractivity contribution < 1.29 is 0 Å². The van der Waals surface area contributed by atoms with Crippen molar-refractivity contribution in [3.63, 3.8) is 0 Å². The summed E-state index contributed by atoms with van der Waals surface area (Å²) in [4.78, 5) is 7.20. The minimum absolute atomic E-state index is 0.0243. The topological polar surface area (TPSA) is 53.6 Å². The summed E-state index contributed by atoms with van der Waals surface area (Å²) >= 11 is 0. The average molecular weight is 282 g/mol. The molecule has 1 saturated heterocycles. The highest BCUT2D eigenvalue weighted by Crippen LogP contribution is 2.17. The van der Waals surface area contributed by atoms with Crippen molar-refractivity contribution in [1.82, 2.24) is 10.2 Å². The van der Waals surface area contributed by atoms with Gasteiger partial charge in [0.2, 0.25) is 0 Å². The van der Waals surface area contributed by atoms with E-state index in [1.54, 1.807) is 0 Å². The molecule has 118 valence electrons. The normalized spacial score (nSPS) is 20.8. The van der Waals surface area contributed by atoms with Gasteiger partial charge < -0.3 is 11.1 Å². The second-order valence-corrected chi connectivity index (χ2v) is 7.36. The largest absolute Gasteiger partial charge is 0.370 e. The number of rotatable bonds is 4. The van der Waals surface area contributed by atoms with E-state index in [2.05, 4.69) is 49.8 Å². The van der Waals surface area contributed by atoms with Crippen LogP contribution in [0.5, 0.6) is 0 Å². The summed E-state index contributed by atoms with van der Waals surface area (Å²) in [7, 11) is 0. The lowest BCUT2D eigenvalue weighted by Gasteiger charge is -2.32. The van der Waals surface area contributed by atoms with Crippen LogP contribution in [0.25, 0.3) is 0 Å². The van der Waals surface area contributed by atoms with E-state index in [0.29, 0.717) is 17.9 Å². The van der Waals surface area contributed by atoms with Gasteiger partial charge in [-0.25, -0.2) is 0 Å². The van der Waals surface area contributed by atoms with Crippen molar-refractivity contribution >= 4 is 5.96 Å². The number of nitrogens with two attached hydrogens (primary N) is 1. The first-order valence-corrected chi connectivity index (χ1v) is 8.12. The Kier molecular flexibility index (Phi) is 6.80. The molecule has 3 N–H and O–H groups in total. The zero-order chi connectivity index (χ0) is 15.2. The number of aliphatic imine (C=N–C) groups is 1. The first-order chi connectivity index (χ1) is 9.29. The Hall–Kier alpha value is -0.770. The highest BCUT2D eigenvalue weighted by Gasteiger charge is 2.22. The summed E-state index contributed by atoms with van der Waals surface area (Å²) < 4.78 is 0. The number of guanidine groups is 1. The summed E-state index contributed by atoms with van der Waals surface area (Å²) in [6.45, 7) is 14.1. The zero-order valence-electron chi connectivity index (χ0n) is 14.1. The Morgan fingerprint density at radius 2 is 1.70 bits per heavy atom. The Bertz CT molecular complexity index is 296. The molecule has 4 heteroatoms. The van der Waals surface area contributed by atoms with Crippen molar-refractivity contribution in [2.24, 2.45) is 16.6 Å². The van der Waals surface area contributed by atoms with Gasteiger partial charge in [0, 0.05) is 11.6 Å². The van der Waals surface area contributed by atoms with Crippen LogP contribution in [0, 0.1) is 5.92 Å². The number of nitrogens with one attached hydrogen (secondary N) is 1. The Balaban J connectivity index is 2.60. The molecule has 1 rings (SSSR count). The van der Waals surface area contributed by atoms with Crippen molar-refractivity contribution in [3.8, 4) is 0 Å². The summed E-state index contributed by atoms with van der Waals surface area (Å²) in [6.07, 6.45) is 5.39. The lowest BCUT2D eigenvalue weighted by molar-refractivity contribution is 0.166. The van der Waals surface area contributed by atoms with Crippen LogP contribution in [0.4, 0.5) is 0 Å². The van der Waals surface area contributed by atoms with E-state index >= 15 is 0 Å². The highest BCUT2D eigenvalue weighted by atomic mass is 15.2. The third-order valence-corrected chi connectivity index (χ3v) is 3.83. The molecular formula is C16H34N4. The molecule has 1 unspecified atom stereocenters. The molecule has 20 heavy (non-hydrogen) atoms. The Morgan fingerprint density at radius 1 is 1.15 bits per heavy atom. The maximum atomic E-state index is 5.99. The predicted molar refractivity (Wildman–Crippen MR) is 88.0 cm³/mol.